The quantitative estimate of drug-likeness (QED) is 0.826. The van der Waals surface area contributed by atoms with Gasteiger partial charge in [-0.3, -0.25) is 5.10 Å². The smallest absolute Gasteiger partial charge is 0.0924 e. The maximum absolute atomic E-state index is 4.32. The summed E-state index contributed by atoms with van der Waals surface area (Å²) in [7, 11) is 0. The van der Waals surface area contributed by atoms with Crippen molar-refractivity contribution in [3.63, 3.8) is 0 Å². The maximum atomic E-state index is 4.32. The van der Waals surface area contributed by atoms with Crippen molar-refractivity contribution < 1.29 is 0 Å². The van der Waals surface area contributed by atoms with E-state index in [1.807, 2.05) is 12.1 Å². The van der Waals surface area contributed by atoms with Crippen LogP contribution < -0.4 is 0 Å². The molecule has 1 saturated carbocycles. The Morgan fingerprint density at radius 1 is 1.43 bits per heavy atom. The van der Waals surface area contributed by atoms with Crippen molar-refractivity contribution in [1.82, 2.24) is 10.2 Å². The van der Waals surface area contributed by atoms with Crippen molar-refractivity contribution >= 4 is 26.8 Å². The summed E-state index contributed by atoms with van der Waals surface area (Å²) in [6.07, 6.45) is 2.55. The lowest BCUT2D eigenvalue weighted by Crippen LogP contribution is -2.00. The summed E-state index contributed by atoms with van der Waals surface area (Å²) < 4.78 is 1.12. The van der Waals surface area contributed by atoms with E-state index in [0.29, 0.717) is 5.41 Å². The summed E-state index contributed by atoms with van der Waals surface area (Å²) in [6, 6.07) is 6.23. The number of aromatic nitrogens is 2. The minimum absolute atomic E-state index is 0.357. The van der Waals surface area contributed by atoms with Gasteiger partial charge in [0.05, 0.1) is 5.52 Å². The van der Waals surface area contributed by atoms with Crippen molar-refractivity contribution in [3.8, 4) is 0 Å². The first-order valence-corrected chi connectivity index (χ1v) is 5.62. The number of H-pyrrole nitrogens is 1. The van der Waals surface area contributed by atoms with Crippen LogP contribution in [-0.2, 0) is 5.41 Å². The van der Waals surface area contributed by atoms with Crippen LogP contribution in [0, 0.1) is 0 Å². The molecule has 0 aliphatic heterocycles. The van der Waals surface area contributed by atoms with Gasteiger partial charge in [0, 0.05) is 21.0 Å². The highest BCUT2D eigenvalue weighted by atomic mass is 79.9. The van der Waals surface area contributed by atoms with E-state index in [9.17, 15) is 0 Å². The number of rotatable bonds is 1. The number of benzene rings is 1. The van der Waals surface area contributed by atoms with Gasteiger partial charge in [0.15, 0.2) is 0 Å². The topological polar surface area (TPSA) is 28.7 Å². The van der Waals surface area contributed by atoms with Gasteiger partial charge < -0.3 is 0 Å². The predicted molar refractivity (Wildman–Crippen MR) is 60.4 cm³/mol. The molecule has 0 spiro atoms. The summed E-state index contributed by atoms with van der Waals surface area (Å²) in [4.78, 5) is 0. The lowest BCUT2D eigenvalue weighted by Gasteiger charge is -2.04. The highest BCUT2D eigenvalue weighted by Gasteiger charge is 2.41. The Morgan fingerprint density at radius 2 is 2.21 bits per heavy atom. The van der Waals surface area contributed by atoms with Crippen LogP contribution >= 0.6 is 15.9 Å². The summed E-state index contributed by atoms with van der Waals surface area (Å²) in [6.45, 7) is 2.29. The van der Waals surface area contributed by atoms with Gasteiger partial charge in [0.2, 0.25) is 0 Å². The number of halogens is 1. The average molecular weight is 251 g/mol. The second-order valence-electron chi connectivity index (χ2n) is 4.32. The van der Waals surface area contributed by atoms with E-state index in [0.717, 1.165) is 9.99 Å². The third kappa shape index (κ3) is 1.12. The molecule has 2 aromatic rings. The first kappa shape index (κ1) is 8.48. The van der Waals surface area contributed by atoms with E-state index in [4.69, 9.17) is 0 Å². The molecule has 0 bridgehead atoms. The molecule has 1 aromatic heterocycles. The van der Waals surface area contributed by atoms with Gasteiger partial charge in [-0.25, -0.2) is 0 Å². The van der Waals surface area contributed by atoms with Crippen molar-refractivity contribution in [3.05, 3.63) is 28.4 Å². The maximum Gasteiger partial charge on any atom is 0.0924 e. The van der Waals surface area contributed by atoms with Gasteiger partial charge in [-0.05, 0) is 31.0 Å². The van der Waals surface area contributed by atoms with E-state index in [1.54, 1.807) is 0 Å². The highest BCUT2D eigenvalue weighted by Crippen LogP contribution is 2.48. The number of fused-ring (bicyclic) bond motifs is 1. The van der Waals surface area contributed by atoms with E-state index < -0.39 is 0 Å². The van der Waals surface area contributed by atoms with Gasteiger partial charge in [0.25, 0.3) is 0 Å². The lowest BCUT2D eigenvalue weighted by atomic mass is 10.0. The van der Waals surface area contributed by atoms with Crippen molar-refractivity contribution in [2.24, 2.45) is 0 Å². The third-order valence-electron chi connectivity index (χ3n) is 3.12. The molecule has 1 heterocycles. The predicted octanol–water partition coefficient (Wildman–Crippen LogP) is 3.38. The van der Waals surface area contributed by atoms with Crippen LogP contribution in [0.2, 0.25) is 0 Å². The van der Waals surface area contributed by atoms with E-state index in [1.165, 1.54) is 23.9 Å². The van der Waals surface area contributed by atoms with Crippen LogP contribution in [0.3, 0.4) is 0 Å². The standard InChI is InChI=1S/C11H11BrN2/c1-11(4-5-11)10-8-6-7(12)2-3-9(8)13-14-10/h2-3,6H,4-5H2,1H3,(H,13,14). The Kier molecular flexibility index (Phi) is 1.57. The number of nitrogens with zero attached hydrogens (tertiary/aromatic N) is 1. The van der Waals surface area contributed by atoms with Crippen LogP contribution in [0.1, 0.15) is 25.5 Å². The highest BCUT2D eigenvalue weighted by molar-refractivity contribution is 9.10. The van der Waals surface area contributed by atoms with Crippen molar-refractivity contribution in [2.75, 3.05) is 0 Å². The minimum atomic E-state index is 0.357. The number of hydrogen-bond acceptors (Lipinski definition) is 1. The second-order valence-corrected chi connectivity index (χ2v) is 5.24. The largest absolute Gasteiger partial charge is 0.281 e. The van der Waals surface area contributed by atoms with E-state index >= 15 is 0 Å². The molecule has 72 valence electrons. The Labute approximate surface area is 90.8 Å². The molecule has 0 atom stereocenters. The summed E-state index contributed by atoms with van der Waals surface area (Å²) >= 11 is 3.50. The molecule has 1 aromatic carbocycles. The molecule has 1 N–H and O–H groups in total. The number of aromatic amines is 1. The van der Waals surface area contributed by atoms with Crippen LogP contribution in [0.4, 0.5) is 0 Å². The van der Waals surface area contributed by atoms with Crippen molar-refractivity contribution in [1.29, 1.82) is 0 Å². The molecule has 3 heteroatoms. The molecule has 0 radical (unpaired) electrons. The molecule has 14 heavy (non-hydrogen) atoms. The summed E-state index contributed by atoms with van der Waals surface area (Å²) in [5, 5.41) is 8.76. The van der Waals surface area contributed by atoms with Gasteiger partial charge in [-0.15, -0.1) is 0 Å². The molecule has 3 rings (SSSR count). The monoisotopic (exact) mass is 250 g/mol. The fourth-order valence-electron chi connectivity index (χ4n) is 1.88. The van der Waals surface area contributed by atoms with Gasteiger partial charge in [-0.1, -0.05) is 22.9 Å². The van der Waals surface area contributed by atoms with Crippen LogP contribution in [-0.4, -0.2) is 10.2 Å². The normalized spacial score (nSPS) is 18.7. The summed E-state index contributed by atoms with van der Waals surface area (Å²) in [5.41, 5.74) is 2.72. The molecule has 0 unspecified atom stereocenters. The fourth-order valence-corrected chi connectivity index (χ4v) is 2.24. The lowest BCUT2D eigenvalue weighted by molar-refractivity contribution is 0.749. The minimum Gasteiger partial charge on any atom is -0.281 e. The molecule has 1 aliphatic carbocycles. The Bertz CT molecular complexity index is 497. The molecular formula is C11H11BrN2. The molecule has 1 aliphatic rings. The average Bonchev–Trinajstić information content (AvgIpc) is 2.77. The first-order valence-electron chi connectivity index (χ1n) is 4.83. The second kappa shape index (κ2) is 2.60. The van der Waals surface area contributed by atoms with Crippen molar-refractivity contribution in [2.45, 2.75) is 25.2 Å². The van der Waals surface area contributed by atoms with Crippen LogP contribution in [0.15, 0.2) is 22.7 Å². The molecule has 1 fully saturated rings. The zero-order valence-corrected chi connectivity index (χ0v) is 9.56. The summed E-state index contributed by atoms with van der Waals surface area (Å²) in [5.74, 6) is 0. The molecular weight excluding hydrogens is 240 g/mol. The van der Waals surface area contributed by atoms with Gasteiger partial charge >= 0.3 is 0 Å². The third-order valence-corrected chi connectivity index (χ3v) is 3.61. The number of nitrogens with one attached hydrogen (secondary N) is 1. The molecule has 0 amide bonds. The van der Waals surface area contributed by atoms with Gasteiger partial charge in [0.1, 0.15) is 0 Å². The fraction of sp³-hybridized carbons (Fsp3) is 0.364. The molecule has 2 nitrogen and oxygen atoms in total. The number of hydrogen-bond donors (Lipinski definition) is 1. The van der Waals surface area contributed by atoms with Crippen LogP contribution in [0.25, 0.3) is 10.9 Å². The SMILES string of the molecule is CC1(c2[nH]nc3ccc(Br)cc23)CC1. The Hall–Kier alpha value is -0.830. The molecule has 0 saturated heterocycles. The Balaban J connectivity index is 2.29. The zero-order chi connectivity index (χ0) is 9.76. The zero-order valence-electron chi connectivity index (χ0n) is 7.97. The van der Waals surface area contributed by atoms with E-state index in [2.05, 4.69) is 39.1 Å². The first-order chi connectivity index (χ1) is 6.69. The van der Waals surface area contributed by atoms with E-state index in [-0.39, 0.29) is 0 Å². The Morgan fingerprint density at radius 3 is 2.93 bits per heavy atom. The van der Waals surface area contributed by atoms with Crippen LogP contribution in [0.5, 0.6) is 0 Å². The van der Waals surface area contributed by atoms with Gasteiger partial charge in [-0.2, -0.15) is 5.10 Å².